The molecule has 1 aromatic carbocycles. The number of likely N-dealkylation sites (tertiary alicyclic amines) is 1. The van der Waals surface area contributed by atoms with Crippen LogP contribution < -0.4 is 4.90 Å². The lowest BCUT2D eigenvalue weighted by Gasteiger charge is -2.32. The summed E-state index contributed by atoms with van der Waals surface area (Å²) in [7, 11) is 2.28. The molecule has 0 N–H and O–H groups in total. The molecule has 98 valence electrons. The Morgan fingerprint density at radius 2 is 2.17 bits per heavy atom. The Kier molecular flexibility index (Phi) is 3.80. The first-order valence-electron chi connectivity index (χ1n) is 7.01. The van der Waals surface area contributed by atoms with Gasteiger partial charge in [0.2, 0.25) is 0 Å². The molecule has 1 aromatic rings. The molecule has 1 atom stereocenters. The van der Waals surface area contributed by atoms with Crippen molar-refractivity contribution in [1.82, 2.24) is 4.90 Å². The fourth-order valence-corrected chi connectivity index (χ4v) is 4.16. The van der Waals surface area contributed by atoms with Crippen LogP contribution in [0.25, 0.3) is 0 Å². The van der Waals surface area contributed by atoms with E-state index in [2.05, 4.69) is 41.1 Å². The first-order valence-corrected chi connectivity index (χ1v) is 8.00. The number of nitrogens with zero attached hydrogens (tertiary/aromatic N) is 2. The van der Waals surface area contributed by atoms with Crippen LogP contribution in [0.3, 0.4) is 0 Å². The fourth-order valence-electron chi connectivity index (χ4n) is 3.11. The molecule has 2 aliphatic rings. The van der Waals surface area contributed by atoms with Crippen molar-refractivity contribution in [1.29, 1.82) is 0 Å². The van der Waals surface area contributed by atoms with E-state index in [4.69, 9.17) is 0 Å². The van der Waals surface area contributed by atoms with Gasteiger partial charge in [-0.25, -0.2) is 0 Å². The second kappa shape index (κ2) is 5.54. The van der Waals surface area contributed by atoms with Gasteiger partial charge in [-0.2, -0.15) is 0 Å². The fraction of sp³-hybridized carbons (Fsp3) is 0.600. The van der Waals surface area contributed by atoms with Crippen LogP contribution in [0, 0.1) is 0 Å². The van der Waals surface area contributed by atoms with E-state index in [1.165, 1.54) is 55.2 Å². The van der Waals surface area contributed by atoms with Crippen LogP contribution in [0.2, 0.25) is 0 Å². The van der Waals surface area contributed by atoms with E-state index in [1.807, 2.05) is 11.8 Å². The minimum Gasteiger partial charge on any atom is -0.370 e. The van der Waals surface area contributed by atoms with Gasteiger partial charge < -0.3 is 9.80 Å². The van der Waals surface area contributed by atoms with E-state index in [-0.39, 0.29) is 0 Å². The molecule has 1 unspecified atom stereocenters. The SMILES string of the molecule is CN1CCCC1CCN1CCSc2ccccc21. The summed E-state index contributed by atoms with van der Waals surface area (Å²) in [6, 6.07) is 9.67. The largest absolute Gasteiger partial charge is 0.370 e. The third-order valence-corrected chi connectivity index (χ3v) is 5.27. The van der Waals surface area contributed by atoms with Gasteiger partial charge in [-0.05, 0) is 45.0 Å². The molecule has 0 aliphatic carbocycles. The lowest BCUT2D eigenvalue weighted by Crippen LogP contribution is -2.34. The quantitative estimate of drug-likeness (QED) is 0.826. The average molecular weight is 262 g/mol. The molecule has 0 amide bonds. The zero-order valence-electron chi connectivity index (χ0n) is 11.1. The van der Waals surface area contributed by atoms with Crippen LogP contribution in [0.5, 0.6) is 0 Å². The molecule has 0 bridgehead atoms. The van der Waals surface area contributed by atoms with Crippen LogP contribution in [-0.4, -0.2) is 43.4 Å². The van der Waals surface area contributed by atoms with Crippen molar-refractivity contribution in [2.45, 2.75) is 30.2 Å². The summed E-state index contributed by atoms with van der Waals surface area (Å²) in [5.41, 5.74) is 1.45. The van der Waals surface area contributed by atoms with Gasteiger partial charge in [0.1, 0.15) is 0 Å². The van der Waals surface area contributed by atoms with E-state index < -0.39 is 0 Å². The summed E-state index contributed by atoms with van der Waals surface area (Å²) in [6.07, 6.45) is 4.09. The third-order valence-electron chi connectivity index (χ3n) is 4.23. The number of hydrogen-bond donors (Lipinski definition) is 0. The molecule has 0 spiro atoms. The van der Waals surface area contributed by atoms with E-state index in [9.17, 15) is 0 Å². The van der Waals surface area contributed by atoms with Crippen molar-refractivity contribution in [2.75, 3.05) is 37.3 Å². The highest BCUT2D eigenvalue weighted by molar-refractivity contribution is 7.99. The maximum atomic E-state index is 2.58. The van der Waals surface area contributed by atoms with Crippen LogP contribution in [0.15, 0.2) is 29.2 Å². The maximum Gasteiger partial charge on any atom is 0.0504 e. The molecule has 2 aliphatic heterocycles. The number of anilines is 1. The van der Waals surface area contributed by atoms with Crippen molar-refractivity contribution in [2.24, 2.45) is 0 Å². The Morgan fingerprint density at radius 3 is 3.00 bits per heavy atom. The Labute approximate surface area is 114 Å². The molecule has 0 aromatic heterocycles. The van der Waals surface area contributed by atoms with Crippen molar-refractivity contribution < 1.29 is 0 Å². The highest BCUT2D eigenvalue weighted by atomic mass is 32.2. The lowest BCUT2D eigenvalue weighted by atomic mass is 10.1. The first kappa shape index (κ1) is 12.4. The first-order chi connectivity index (χ1) is 8.84. The van der Waals surface area contributed by atoms with Crippen LogP contribution in [0.1, 0.15) is 19.3 Å². The molecule has 2 heterocycles. The van der Waals surface area contributed by atoms with Crippen LogP contribution in [0.4, 0.5) is 5.69 Å². The van der Waals surface area contributed by atoms with E-state index in [1.54, 1.807) is 0 Å². The maximum absolute atomic E-state index is 2.58. The summed E-state index contributed by atoms with van der Waals surface area (Å²) < 4.78 is 0. The predicted octanol–water partition coefficient (Wildman–Crippen LogP) is 3.08. The van der Waals surface area contributed by atoms with Crippen LogP contribution >= 0.6 is 11.8 Å². The molecular formula is C15H22N2S. The Bertz CT molecular complexity index is 407. The summed E-state index contributed by atoms with van der Waals surface area (Å²) in [5.74, 6) is 1.23. The van der Waals surface area contributed by atoms with Gasteiger partial charge in [0.25, 0.3) is 0 Å². The van der Waals surface area contributed by atoms with Crippen molar-refractivity contribution in [3.05, 3.63) is 24.3 Å². The van der Waals surface area contributed by atoms with Gasteiger partial charge in [-0.1, -0.05) is 12.1 Å². The molecule has 1 saturated heterocycles. The topological polar surface area (TPSA) is 6.48 Å². The molecule has 0 radical (unpaired) electrons. The molecule has 0 saturated carbocycles. The average Bonchev–Trinajstić information content (AvgIpc) is 2.82. The zero-order valence-corrected chi connectivity index (χ0v) is 12.0. The zero-order chi connectivity index (χ0) is 12.4. The number of hydrogen-bond acceptors (Lipinski definition) is 3. The van der Waals surface area contributed by atoms with Gasteiger partial charge in [0.05, 0.1) is 5.69 Å². The van der Waals surface area contributed by atoms with Gasteiger partial charge in [0, 0.05) is 29.8 Å². The summed E-state index contributed by atoms with van der Waals surface area (Å²) in [6.45, 7) is 3.71. The monoisotopic (exact) mass is 262 g/mol. The molecule has 3 heteroatoms. The molecule has 18 heavy (non-hydrogen) atoms. The van der Waals surface area contributed by atoms with Gasteiger partial charge in [0.15, 0.2) is 0 Å². The molecule has 3 rings (SSSR count). The number of benzene rings is 1. The van der Waals surface area contributed by atoms with Crippen molar-refractivity contribution >= 4 is 17.4 Å². The second-order valence-corrected chi connectivity index (χ2v) is 6.51. The summed E-state index contributed by atoms with van der Waals surface area (Å²) >= 11 is 2.00. The van der Waals surface area contributed by atoms with Gasteiger partial charge >= 0.3 is 0 Å². The number of thioether (sulfide) groups is 1. The van der Waals surface area contributed by atoms with E-state index >= 15 is 0 Å². The number of fused-ring (bicyclic) bond motifs is 1. The Hall–Kier alpha value is -0.670. The number of para-hydroxylation sites is 1. The molecule has 2 nitrogen and oxygen atoms in total. The normalized spacial score (nSPS) is 24.3. The summed E-state index contributed by atoms with van der Waals surface area (Å²) in [5, 5.41) is 0. The van der Waals surface area contributed by atoms with Gasteiger partial charge in [-0.3, -0.25) is 0 Å². The molecular weight excluding hydrogens is 240 g/mol. The van der Waals surface area contributed by atoms with Gasteiger partial charge in [-0.15, -0.1) is 11.8 Å². The third kappa shape index (κ3) is 2.52. The molecule has 1 fully saturated rings. The second-order valence-electron chi connectivity index (χ2n) is 5.37. The summed E-state index contributed by atoms with van der Waals surface area (Å²) in [4.78, 5) is 6.58. The predicted molar refractivity (Wildman–Crippen MR) is 79.6 cm³/mol. The van der Waals surface area contributed by atoms with E-state index in [0.29, 0.717) is 0 Å². The van der Waals surface area contributed by atoms with Crippen molar-refractivity contribution in [3.8, 4) is 0 Å². The van der Waals surface area contributed by atoms with Crippen LogP contribution in [-0.2, 0) is 0 Å². The minimum absolute atomic E-state index is 0.812. The minimum atomic E-state index is 0.812. The smallest absolute Gasteiger partial charge is 0.0504 e. The lowest BCUT2D eigenvalue weighted by molar-refractivity contribution is 0.298. The Morgan fingerprint density at radius 1 is 1.28 bits per heavy atom. The highest BCUT2D eigenvalue weighted by Gasteiger charge is 2.23. The Balaban J connectivity index is 1.64. The van der Waals surface area contributed by atoms with E-state index in [0.717, 1.165) is 6.04 Å². The standard InChI is InChI=1S/C15H22N2S/c1-16-9-4-5-13(16)8-10-17-11-12-18-15-7-3-2-6-14(15)17/h2-3,6-7,13H,4-5,8-12H2,1H3. The number of rotatable bonds is 3. The van der Waals surface area contributed by atoms with Crippen molar-refractivity contribution in [3.63, 3.8) is 0 Å². The highest BCUT2D eigenvalue weighted by Crippen LogP contribution is 2.34.